The van der Waals surface area contributed by atoms with Crippen molar-refractivity contribution in [2.45, 2.75) is 32.5 Å². The molecule has 1 N–H and O–H groups in total. The van der Waals surface area contributed by atoms with E-state index >= 15 is 0 Å². The molecule has 104 valence electrons. The number of Topliss-reactive ketones (excluding diaryl/α,β-unsaturated/α-hetero) is 1. The second-order valence-electron chi connectivity index (χ2n) is 5.52. The van der Waals surface area contributed by atoms with Crippen LogP contribution in [0.25, 0.3) is 0 Å². The summed E-state index contributed by atoms with van der Waals surface area (Å²) in [5.41, 5.74) is 0.300. The largest absolute Gasteiger partial charge is 0.394 e. The summed E-state index contributed by atoms with van der Waals surface area (Å²) in [5, 5.41) is 9.30. The Labute approximate surface area is 113 Å². The fourth-order valence-electron chi connectivity index (χ4n) is 2.38. The Bertz CT molecular complexity index is 474. The minimum Gasteiger partial charge on any atom is -0.394 e. The molecule has 0 aliphatic carbocycles. The first-order valence-electron chi connectivity index (χ1n) is 6.42. The quantitative estimate of drug-likeness (QED) is 0.833. The number of morpholine rings is 1. The minimum atomic E-state index is -0.348. The third-order valence-corrected chi connectivity index (χ3v) is 3.16. The standard InChI is InChI=1S/C14H20N2O3/c1-10(18)11-4-5-15-13(6-11)16-7-12(8-17)19-14(2,3)9-16/h4-6,12,17H,7-9H2,1-3H3. The van der Waals surface area contributed by atoms with Crippen molar-refractivity contribution in [2.75, 3.05) is 24.6 Å². The molecule has 2 rings (SSSR count). The van der Waals surface area contributed by atoms with E-state index in [9.17, 15) is 9.90 Å². The molecule has 1 aromatic heterocycles. The lowest BCUT2D eigenvalue weighted by Crippen LogP contribution is -2.54. The highest BCUT2D eigenvalue weighted by Crippen LogP contribution is 2.25. The van der Waals surface area contributed by atoms with E-state index in [0.29, 0.717) is 18.7 Å². The van der Waals surface area contributed by atoms with E-state index in [0.717, 1.165) is 5.82 Å². The summed E-state index contributed by atoms with van der Waals surface area (Å²) < 4.78 is 5.77. The number of hydrogen-bond donors (Lipinski definition) is 1. The van der Waals surface area contributed by atoms with Gasteiger partial charge in [-0.3, -0.25) is 4.79 Å². The molecular formula is C14H20N2O3. The van der Waals surface area contributed by atoms with E-state index in [-0.39, 0.29) is 24.1 Å². The molecule has 5 heteroatoms. The number of aliphatic hydroxyl groups excluding tert-OH is 1. The van der Waals surface area contributed by atoms with Gasteiger partial charge in [0.05, 0.1) is 18.3 Å². The third kappa shape index (κ3) is 3.30. The third-order valence-electron chi connectivity index (χ3n) is 3.16. The average Bonchev–Trinajstić information content (AvgIpc) is 2.37. The van der Waals surface area contributed by atoms with E-state index < -0.39 is 0 Å². The first kappa shape index (κ1) is 14.0. The van der Waals surface area contributed by atoms with Gasteiger partial charge in [-0.1, -0.05) is 0 Å². The molecule has 0 spiro atoms. The van der Waals surface area contributed by atoms with Crippen molar-refractivity contribution in [1.82, 2.24) is 4.98 Å². The van der Waals surface area contributed by atoms with Gasteiger partial charge in [-0.2, -0.15) is 0 Å². The van der Waals surface area contributed by atoms with Gasteiger partial charge in [0.15, 0.2) is 5.78 Å². The van der Waals surface area contributed by atoms with Gasteiger partial charge in [0.2, 0.25) is 0 Å². The zero-order chi connectivity index (χ0) is 14.0. The van der Waals surface area contributed by atoms with Crippen LogP contribution in [-0.4, -0.2) is 47.3 Å². The molecule has 5 nitrogen and oxygen atoms in total. The van der Waals surface area contributed by atoms with Crippen LogP contribution in [0.15, 0.2) is 18.3 Å². The normalized spacial score (nSPS) is 22.3. The van der Waals surface area contributed by atoms with E-state index in [2.05, 4.69) is 9.88 Å². The number of ketones is 1. The Balaban J connectivity index is 2.25. The first-order valence-corrected chi connectivity index (χ1v) is 6.42. The van der Waals surface area contributed by atoms with Crippen molar-refractivity contribution < 1.29 is 14.6 Å². The highest BCUT2D eigenvalue weighted by atomic mass is 16.5. The molecule has 1 aromatic rings. The van der Waals surface area contributed by atoms with E-state index in [1.54, 1.807) is 25.3 Å². The fraction of sp³-hybridized carbons (Fsp3) is 0.571. The Hall–Kier alpha value is -1.46. The van der Waals surface area contributed by atoms with Crippen molar-refractivity contribution in [3.63, 3.8) is 0 Å². The Morgan fingerprint density at radius 1 is 1.63 bits per heavy atom. The molecule has 1 unspecified atom stereocenters. The van der Waals surface area contributed by atoms with Crippen molar-refractivity contribution >= 4 is 11.6 Å². The van der Waals surface area contributed by atoms with Crippen LogP contribution in [0.3, 0.4) is 0 Å². The lowest BCUT2D eigenvalue weighted by Gasteiger charge is -2.42. The number of anilines is 1. The van der Waals surface area contributed by atoms with E-state index in [1.165, 1.54) is 0 Å². The number of carbonyl (C=O) groups excluding carboxylic acids is 1. The number of nitrogens with zero attached hydrogens (tertiary/aromatic N) is 2. The highest BCUT2D eigenvalue weighted by Gasteiger charge is 2.33. The molecule has 1 atom stereocenters. The second-order valence-corrected chi connectivity index (χ2v) is 5.52. The van der Waals surface area contributed by atoms with Crippen LogP contribution in [-0.2, 0) is 4.74 Å². The summed E-state index contributed by atoms with van der Waals surface area (Å²) in [6.07, 6.45) is 1.41. The lowest BCUT2D eigenvalue weighted by atomic mass is 10.0. The zero-order valence-electron chi connectivity index (χ0n) is 11.6. The first-order chi connectivity index (χ1) is 8.91. The molecule has 1 saturated heterocycles. The number of hydrogen-bond acceptors (Lipinski definition) is 5. The van der Waals surface area contributed by atoms with Crippen molar-refractivity contribution in [3.8, 4) is 0 Å². The van der Waals surface area contributed by atoms with Crippen LogP contribution in [0.4, 0.5) is 5.82 Å². The smallest absolute Gasteiger partial charge is 0.159 e. The van der Waals surface area contributed by atoms with Gasteiger partial charge in [-0.25, -0.2) is 4.98 Å². The number of aliphatic hydroxyl groups is 1. The number of rotatable bonds is 3. The van der Waals surface area contributed by atoms with Crippen LogP contribution < -0.4 is 4.90 Å². The topological polar surface area (TPSA) is 62.7 Å². The van der Waals surface area contributed by atoms with Gasteiger partial charge in [0.1, 0.15) is 5.82 Å². The number of ether oxygens (including phenoxy) is 1. The van der Waals surface area contributed by atoms with Crippen LogP contribution in [0.5, 0.6) is 0 Å². The maximum atomic E-state index is 11.4. The predicted octanol–water partition coefficient (Wildman–Crippen LogP) is 1.26. The number of pyridine rings is 1. The van der Waals surface area contributed by atoms with Crippen molar-refractivity contribution in [1.29, 1.82) is 0 Å². The molecular weight excluding hydrogens is 244 g/mol. The molecule has 0 bridgehead atoms. The van der Waals surface area contributed by atoms with Gasteiger partial charge in [0.25, 0.3) is 0 Å². The molecule has 0 radical (unpaired) electrons. The molecule has 1 aliphatic heterocycles. The number of carbonyl (C=O) groups is 1. The molecule has 0 saturated carbocycles. The van der Waals surface area contributed by atoms with E-state index in [1.807, 2.05) is 13.8 Å². The lowest BCUT2D eigenvalue weighted by molar-refractivity contribution is -0.101. The summed E-state index contributed by atoms with van der Waals surface area (Å²) in [4.78, 5) is 17.8. The predicted molar refractivity (Wildman–Crippen MR) is 72.5 cm³/mol. The van der Waals surface area contributed by atoms with Crippen molar-refractivity contribution in [3.05, 3.63) is 23.9 Å². The molecule has 1 fully saturated rings. The summed E-state index contributed by atoms with van der Waals surface area (Å²) in [6.45, 7) is 6.74. The fourth-order valence-corrected chi connectivity index (χ4v) is 2.38. The minimum absolute atomic E-state index is 0.0215. The molecule has 2 heterocycles. The molecule has 0 aromatic carbocycles. The maximum absolute atomic E-state index is 11.4. The monoisotopic (exact) mass is 264 g/mol. The van der Waals surface area contributed by atoms with Gasteiger partial charge < -0.3 is 14.7 Å². The highest BCUT2D eigenvalue weighted by molar-refractivity contribution is 5.94. The zero-order valence-corrected chi connectivity index (χ0v) is 11.6. The SMILES string of the molecule is CC(=O)c1ccnc(N2CC(CO)OC(C)(C)C2)c1. The number of aromatic nitrogens is 1. The van der Waals surface area contributed by atoms with E-state index in [4.69, 9.17) is 4.74 Å². The summed E-state index contributed by atoms with van der Waals surface area (Å²) in [7, 11) is 0. The second kappa shape index (κ2) is 5.27. The van der Waals surface area contributed by atoms with Gasteiger partial charge in [-0.05, 0) is 32.9 Å². The van der Waals surface area contributed by atoms with Crippen LogP contribution in [0.1, 0.15) is 31.1 Å². The van der Waals surface area contributed by atoms with Gasteiger partial charge in [-0.15, -0.1) is 0 Å². The Morgan fingerprint density at radius 3 is 3.00 bits per heavy atom. The summed E-state index contributed by atoms with van der Waals surface area (Å²) >= 11 is 0. The van der Waals surface area contributed by atoms with Crippen LogP contribution in [0, 0.1) is 0 Å². The molecule has 0 amide bonds. The summed E-state index contributed by atoms with van der Waals surface area (Å²) in [6, 6.07) is 3.50. The maximum Gasteiger partial charge on any atom is 0.159 e. The Kier molecular flexibility index (Phi) is 3.87. The van der Waals surface area contributed by atoms with Gasteiger partial charge in [0, 0.05) is 24.8 Å². The molecule has 1 aliphatic rings. The summed E-state index contributed by atoms with van der Waals surface area (Å²) in [5.74, 6) is 0.775. The van der Waals surface area contributed by atoms with Crippen LogP contribution in [0.2, 0.25) is 0 Å². The Morgan fingerprint density at radius 2 is 2.37 bits per heavy atom. The van der Waals surface area contributed by atoms with Crippen molar-refractivity contribution in [2.24, 2.45) is 0 Å². The average molecular weight is 264 g/mol. The van der Waals surface area contributed by atoms with Crippen LogP contribution >= 0.6 is 0 Å². The van der Waals surface area contributed by atoms with Gasteiger partial charge >= 0.3 is 0 Å². The molecule has 19 heavy (non-hydrogen) atoms.